The average molecular weight is 253 g/mol. The maximum absolute atomic E-state index is 11.9. The molecular formula is C14H23NO3. The second-order valence-electron chi connectivity index (χ2n) is 4.47. The number of furan rings is 1. The average Bonchev–Trinajstić information content (AvgIpc) is 2.72. The Balaban J connectivity index is 2.67. The summed E-state index contributed by atoms with van der Waals surface area (Å²) in [6.45, 7) is 6.97. The Morgan fingerprint density at radius 3 is 2.72 bits per heavy atom. The molecule has 1 atom stereocenters. The molecule has 4 heteroatoms. The molecule has 0 spiro atoms. The Labute approximate surface area is 109 Å². The minimum absolute atomic E-state index is 0.136. The van der Waals surface area contributed by atoms with Crippen LogP contribution in [0.25, 0.3) is 0 Å². The molecule has 4 nitrogen and oxygen atoms in total. The van der Waals surface area contributed by atoms with E-state index in [-0.39, 0.29) is 12.0 Å². The molecule has 0 saturated heterocycles. The fourth-order valence-corrected chi connectivity index (χ4v) is 1.98. The number of hydrogen-bond donors (Lipinski definition) is 0. The highest BCUT2D eigenvalue weighted by Gasteiger charge is 2.24. The highest BCUT2D eigenvalue weighted by molar-refractivity contribution is 5.75. The van der Waals surface area contributed by atoms with Crippen LogP contribution < -0.4 is 0 Å². The fourth-order valence-electron chi connectivity index (χ4n) is 1.98. The van der Waals surface area contributed by atoms with E-state index in [9.17, 15) is 4.79 Å². The van der Waals surface area contributed by atoms with Gasteiger partial charge in [-0.1, -0.05) is 13.3 Å². The highest BCUT2D eigenvalue weighted by Crippen LogP contribution is 2.15. The number of ether oxygens (including phenoxy) is 1. The maximum atomic E-state index is 11.9. The van der Waals surface area contributed by atoms with E-state index in [1.165, 1.54) is 0 Å². The Hall–Kier alpha value is -1.29. The lowest BCUT2D eigenvalue weighted by Gasteiger charge is -2.25. The zero-order valence-electron chi connectivity index (χ0n) is 11.7. The van der Waals surface area contributed by atoms with Crippen LogP contribution in [0.2, 0.25) is 0 Å². The smallest absolute Gasteiger partial charge is 0.323 e. The highest BCUT2D eigenvalue weighted by atomic mass is 16.5. The van der Waals surface area contributed by atoms with Gasteiger partial charge in [-0.3, -0.25) is 9.69 Å². The quantitative estimate of drug-likeness (QED) is 0.701. The van der Waals surface area contributed by atoms with Crippen LogP contribution in [0.1, 0.15) is 38.0 Å². The van der Waals surface area contributed by atoms with Crippen molar-refractivity contribution in [2.75, 3.05) is 13.7 Å². The summed E-state index contributed by atoms with van der Waals surface area (Å²) in [6.07, 6.45) is 3.45. The molecule has 0 aliphatic carbocycles. The molecule has 102 valence electrons. The largest absolute Gasteiger partial charge is 0.469 e. The third-order valence-corrected chi connectivity index (χ3v) is 3.04. The van der Waals surface area contributed by atoms with Crippen molar-refractivity contribution >= 4 is 5.97 Å². The molecule has 1 rings (SSSR count). The second kappa shape index (κ2) is 7.21. The number of likely N-dealkylation sites (N-methyl/N-ethyl adjacent to an activating group) is 1. The van der Waals surface area contributed by atoms with Gasteiger partial charge in [-0.05, 0) is 33.4 Å². The van der Waals surface area contributed by atoms with E-state index in [1.54, 1.807) is 6.26 Å². The van der Waals surface area contributed by atoms with E-state index in [4.69, 9.17) is 9.15 Å². The molecule has 0 aliphatic rings. The van der Waals surface area contributed by atoms with Gasteiger partial charge in [0.15, 0.2) is 0 Å². The van der Waals surface area contributed by atoms with Crippen LogP contribution >= 0.6 is 0 Å². The van der Waals surface area contributed by atoms with Crippen LogP contribution in [0.4, 0.5) is 0 Å². The van der Waals surface area contributed by atoms with Crippen molar-refractivity contribution < 1.29 is 13.9 Å². The van der Waals surface area contributed by atoms with Crippen molar-refractivity contribution in [3.05, 3.63) is 23.7 Å². The molecule has 0 aromatic carbocycles. The lowest BCUT2D eigenvalue weighted by molar-refractivity contribution is -0.149. The van der Waals surface area contributed by atoms with Crippen LogP contribution in [0.15, 0.2) is 16.7 Å². The molecular weight excluding hydrogens is 230 g/mol. The van der Waals surface area contributed by atoms with Gasteiger partial charge in [-0.15, -0.1) is 0 Å². The van der Waals surface area contributed by atoms with Gasteiger partial charge in [0.05, 0.1) is 12.9 Å². The van der Waals surface area contributed by atoms with Gasteiger partial charge in [-0.25, -0.2) is 0 Å². The number of carbonyl (C=O) groups excluding carboxylic acids is 1. The van der Waals surface area contributed by atoms with Gasteiger partial charge in [0, 0.05) is 12.1 Å². The van der Waals surface area contributed by atoms with Gasteiger partial charge in [0.25, 0.3) is 0 Å². The number of esters is 1. The first-order chi connectivity index (χ1) is 8.60. The lowest BCUT2D eigenvalue weighted by Crippen LogP contribution is -2.39. The number of carbonyl (C=O) groups is 1. The van der Waals surface area contributed by atoms with E-state index in [1.807, 2.05) is 31.9 Å². The van der Waals surface area contributed by atoms with Crippen LogP contribution in [0.3, 0.4) is 0 Å². The molecule has 1 aromatic heterocycles. The maximum Gasteiger partial charge on any atom is 0.323 e. The Kier molecular flexibility index (Phi) is 5.92. The van der Waals surface area contributed by atoms with Crippen LogP contribution in [0.5, 0.6) is 0 Å². The normalized spacial score (nSPS) is 12.7. The molecule has 18 heavy (non-hydrogen) atoms. The summed E-state index contributed by atoms with van der Waals surface area (Å²) in [5.74, 6) is 0.768. The summed E-state index contributed by atoms with van der Waals surface area (Å²) >= 11 is 0. The minimum Gasteiger partial charge on any atom is -0.469 e. The number of hydrogen-bond acceptors (Lipinski definition) is 4. The summed E-state index contributed by atoms with van der Waals surface area (Å²) in [4.78, 5) is 13.9. The van der Waals surface area contributed by atoms with E-state index in [0.29, 0.717) is 13.2 Å². The summed E-state index contributed by atoms with van der Waals surface area (Å²) in [5.41, 5.74) is 1.11. The third-order valence-electron chi connectivity index (χ3n) is 3.04. The molecule has 0 amide bonds. The standard InChI is InChI=1S/C14H23NO3/c1-5-7-13(14(16)17-6-2)15(4)10-12-8-9-18-11(12)3/h8-9,13H,5-7,10H2,1-4H3. The van der Waals surface area contributed by atoms with Crippen molar-refractivity contribution in [2.24, 2.45) is 0 Å². The molecule has 0 N–H and O–H groups in total. The molecule has 0 aliphatic heterocycles. The topological polar surface area (TPSA) is 42.7 Å². The van der Waals surface area contributed by atoms with Crippen LogP contribution in [0, 0.1) is 6.92 Å². The SMILES string of the molecule is CCCC(C(=O)OCC)N(C)Cc1ccoc1C. The molecule has 0 radical (unpaired) electrons. The van der Waals surface area contributed by atoms with Gasteiger partial charge in [-0.2, -0.15) is 0 Å². The van der Waals surface area contributed by atoms with Crippen molar-refractivity contribution in [3.63, 3.8) is 0 Å². The predicted molar refractivity (Wildman–Crippen MR) is 70.2 cm³/mol. The molecule has 0 bridgehead atoms. The fraction of sp³-hybridized carbons (Fsp3) is 0.643. The summed E-state index contributed by atoms with van der Waals surface area (Å²) in [6, 6.07) is 1.77. The Morgan fingerprint density at radius 1 is 1.50 bits per heavy atom. The first-order valence-electron chi connectivity index (χ1n) is 6.50. The first-order valence-corrected chi connectivity index (χ1v) is 6.50. The van der Waals surface area contributed by atoms with Crippen molar-refractivity contribution in [2.45, 2.75) is 46.2 Å². The van der Waals surface area contributed by atoms with Crippen molar-refractivity contribution in [1.29, 1.82) is 0 Å². The van der Waals surface area contributed by atoms with Gasteiger partial charge >= 0.3 is 5.97 Å². The summed E-state index contributed by atoms with van der Waals surface area (Å²) < 4.78 is 10.4. The van der Waals surface area contributed by atoms with E-state index in [2.05, 4.69) is 6.92 Å². The molecule has 1 aromatic rings. The van der Waals surface area contributed by atoms with Crippen molar-refractivity contribution in [1.82, 2.24) is 4.90 Å². The number of aryl methyl sites for hydroxylation is 1. The second-order valence-corrected chi connectivity index (χ2v) is 4.47. The molecule has 0 fully saturated rings. The third kappa shape index (κ3) is 3.88. The molecule has 1 unspecified atom stereocenters. The predicted octanol–water partition coefficient (Wildman–Crippen LogP) is 2.75. The summed E-state index contributed by atoms with van der Waals surface area (Å²) in [5, 5.41) is 0. The lowest BCUT2D eigenvalue weighted by atomic mass is 10.1. The molecule has 1 heterocycles. The number of rotatable bonds is 7. The van der Waals surface area contributed by atoms with Crippen LogP contribution in [-0.4, -0.2) is 30.6 Å². The summed E-state index contributed by atoms with van der Waals surface area (Å²) in [7, 11) is 1.95. The zero-order chi connectivity index (χ0) is 13.5. The van der Waals surface area contributed by atoms with E-state index >= 15 is 0 Å². The van der Waals surface area contributed by atoms with Crippen LogP contribution in [-0.2, 0) is 16.1 Å². The van der Waals surface area contributed by atoms with Gasteiger partial charge in [0.1, 0.15) is 11.8 Å². The zero-order valence-corrected chi connectivity index (χ0v) is 11.7. The van der Waals surface area contributed by atoms with Crippen molar-refractivity contribution in [3.8, 4) is 0 Å². The number of nitrogens with zero attached hydrogens (tertiary/aromatic N) is 1. The van der Waals surface area contributed by atoms with E-state index in [0.717, 1.165) is 24.2 Å². The Morgan fingerprint density at radius 2 is 2.22 bits per heavy atom. The first kappa shape index (κ1) is 14.8. The molecule has 0 saturated carbocycles. The Bertz CT molecular complexity index is 373. The minimum atomic E-state index is -0.177. The monoisotopic (exact) mass is 253 g/mol. The van der Waals surface area contributed by atoms with Gasteiger partial charge < -0.3 is 9.15 Å². The van der Waals surface area contributed by atoms with Gasteiger partial charge in [0.2, 0.25) is 0 Å². The van der Waals surface area contributed by atoms with E-state index < -0.39 is 0 Å².